The highest BCUT2D eigenvalue weighted by atomic mass is 32.2. The summed E-state index contributed by atoms with van der Waals surface area (Å²) in [6.07, 6.45) is 0. The fraction of sp³-hybridized carbons (Fsp3) is 0.500. The number of aliphatic imine (C=N–C) groups is 1. The van der Waals surface area contributed by atoms with E-state index >= 15 is 0 Å². The first kappa shape index (κ1) is 20.4. The van der Waals surface area contributed by atoms with Crippen molar-refractivity contribution in [2.75, 3.05) is 44.9 Å². The molecule has 0 saturated carbocycles. The van der Waals surface area contributed by atoms with Crippen molar-refractivity contribution in [3.63, 3.8) is 0 Å². The number of hydrogen-bond acceptors (Lipinski definition) is 5. The zero-order valence-corrected chi connectivity index (χ0v) is 18.0. The second-order valence-electron chi connectivity index (χ2n) is 7.95. The third-order valence-electron chi connectivity index (χ3n) is 5.24. The molecule has 0 radical (unpaired) electrons. The topological polar surface area (TPSA) is 77.9 Å². The molecule has 1 aromatic heterocycles. The van der Waals surface area contributed by atoms with Gasteiger partial charge in [-0.3, -0.25) is 4.99 Å². The molecule has 2 aromatic rings. The van der Waals surface area contributed by atoms with Crippen LogP contribution in [0.25, 0.3) is 10.9 Å². The minimum absolute atomic E-state index is 0.143. The largest absolute Gasteiger partial charge is 0.363 e. The molecule has 3 rings (SSSR count). The molecule has 0 spiro atoms. The summed E-state index contributed by atoms with van der Waals surface area (Å²) in [6, 6.07) is 10.2. The second-order valence-corrected chi connectivity index (χ2v) is 10.7. The number of benzene rings is 1. The Hall–Kier alpha value is -2.35. The zero-order valence-electron chi connectivity index (χ0n) is 17.2. The summed E-state index contributed by atoms with van der Waals surface area (Å²) in [4.78, 5) is 13.1. The summed E-state index contributed by atoms with van der Waals surface area (Å²) in [6.45, 7) is 5.02. The number of guanidine groups is 1. The summed E-state index contributed by atoms with van der Waals surface area (Å²) in [5, 5.41) is 4.51. The Morgan fingerprint density at radius 3 is 2.68 bits per heavy atom. The predicted molar refractivity (Wildman–Crippen MR) is 116 cm³/mol. The van der Waals surface area contributed by atoms with E-state index in [2.05, 4.69) is 22.4 Å². The number of sulfone groups is 1. The van der Waals surface area contributed by atoms with Gasteiger partial charge in [0, 0.05) is 46.2 Å². The van der Waals surface area contributed by atoms with Gasteiger partial charge in [-0.15, -0.1) is 0 Å². The van der Waals surface area contributed by atoms with Gasteiger partial charge in [-0.1, -0.05) is 18.2 Å². The van der Waals surface area contributed by atoms with Crippen LogP contribution in [0.5, 0.6) is 0 Å². The first-order valence-electron chi connectivity index (χ1n) is 9.38. The Bertz CT molecular complexity index is 999. The van der Waals surface area contributed by atoms with Crippen molar-refractivity contribution in [1.82, 2.24) is 15.2 Å². The molecule has 0 bridgehead atoms. The molecular formula is C20H29N5O2S. The maximum absolute atomic E-state index is 12.3. The molecule has 1 fully saturated rings. The normalized spacial score (nSPS) is 18.9. The smallest absolute Gasteiger partial charge is 0.193 e. The molecule has 1 aliphatic heterocycles. The minimum atomic E-state index is -3.08. The van der Waals surface area contributed by atoms with E-state index in [0.29, 0.717) is 19.6 Å². The number of para-hydroxylation sites is 1. The van der Waals surface area contributed by atoms with Gasteiger partial charge in [0.25, 0.3) is 0 Å². The number of fused-ring (bicyclic) bond motifs is 1. The Balaban J connectivity index is 1.83. The standard InChI is InChI=1S/C20H29N5O2S/c1-20(2)14-25(10-11-28(20,26)27)19(21-3)22-13-15-12-18(24(4)5)23-17-9-7-6-8-16(15)17/h6-9,12H,10-11,13-14H2,1-5H3,(H,21,22). The number of hydrogen-bond donors (Lipinski definition) is 1. The van der Waals surface area contributed by atoms with Gasteiger partial charge in [-0.25, -0.2) is 13.4 Å². The number of rotatable bonds is 3. The Morgan fingerprint density at radius 2 is 2.04 bits per heavy atom. The van der Waals surface area contributed by atoms with Crippen LogP contribution in [0.1, 0.15) is 19.4 Å². The molecule has 1 aromatic carbocycles. The summed E-state index contributed by atoms with van der Waals surface area (Å²) in [5.74, 6) is 1.76. The lowest BCUT2D eigenvalue weighted by molar-refractivity contribution is 0.353. The van der Waals surface area contributed by atoms with Crippen molar-refractivity contribution < 1.29 is 8.42 Å². The quantitative estimate of drug-likeness (QED) is 0.623. The predicted octanol–water partition coefficient (Wildman–Crippen LogP) is 1.89. The fourth-order valence-corrected chi connectivity index (χ4v) is 4.80. The molecule has 28 heavy (non-hydrogen) atoms. The van der Waals surface area contributed by atoms with Gasteiger partial charge in [0.05, 0.1) is 16.0 Å². The van der Waals surface area contributed by atoms with Gasteiger partial charge in [0.2, 0.25) is 0 Å². The van der Waals surface area contributed by atoms with Crippen molar-refractivity contribution in [3.05, 3.63) is 35.9 Å². The van der Waals surface area contributed by atoms with Gasteiger partial charge in [-0.05, 0) is 31.5 Å². The van der Waals surface area contributed by atoms with Gasteiger partial charge in [-0.2, -0.15) is 0 Å². The van der Waals surface area contributed by atoms with Crippen molar-refractivity contribution in [2.45, 2.75) is 25.1 Å². The molecule has 2 heterocycles. The van der Waals surface area contributed by atoms with Crippen molar-refractivity contribution in [2.24, 2.45) is 4.99 Å². The van der Waals surface area contributed by atoms with E-state index in [1.807, 2.05) is 42.1 Å². The van der Waals surface area contributed by atoms with Crippen LogP contribution in [0, 0.1) is 0 Å². The summed E-state index contributed by atoms with van der Waals surface area (Å²) < 4.78 is 23.8. The van der Waals surface area contributed by atoms with Gasteiger partial charge >= 0.3 is 0 Å². The molecular weight excluding hydrogens is 374 g/mol. The maximum atomic E-state index is 12.3. The Morgan fingerprint density at radius 1 is 1.32 bits per heavy atom. The SMILES string of the molecule is CN=C(NCc1cc(N(C)C)nc2ccccc12)N1CCS(=O)(=O)C(C)(C)C1. The summed E-state index contributed by atoms with van der Waals surface area (Å²) in [5.41, 5.74) is 2.07. The van der Waals surface area contributed by atoms with E-state index in [1.54, 1.807) is 20.9 Å². The fourth-order valence-electron chi connectivity index (χ4n) is 3.44. The average Bonchev–Trinajstić information content (AvgIpc) is 2.64. The third-order valence-corrected chi connectivity index (χ3v) is 7.77. The maximum Gasteiger partial charge on any atom is 0.193 e. The van der Waals surface area contributed by atoms with E-state index in [0.717, 1.165) is 28.2 Å². The molecule has 1 aliphatic rings. The molecule has 8 heteroatoms. The molecule has 0 aliphatic carbocycles. The minimum Gasteiger partial charge on any atom is -0.363 e. The number of aromatic nitrogens is 1. The van der Waals surface area contributed by atoms with E-state index in [1.165, 1.54) is 0 Å². The highest BCUT2D eigenvalue weighted by molar-refractivity contribution is 7.92. The van der Waals surface area contributed by atoms with Crippen LogP contribution >= 0.6 is 0 Å². The first-order chi connectivity index (χ1) is 13.1. The second kappa shape index (κ2) is 7.58. The average molecular weight is 404 g/mol. The number of nitrogens with zero attached hydrogens (tertiary/aromatic N) is 4. The molecule has 1 N–H and O–H groups in total. The lowest BCUT2D eigenvalue weighted by Crippen LogP contribution is -2.57. The number of pyridine rings is 1. The highest BCUT2D eigenvalue weighted by Crippen LogP contribution is 2.25. The number of nitrogens with one attached hydrogen (secondary N) is 1. The van der Waals surface area contributed by atoms with Crippen molar-refractivity contribution in [3.8, 4) is 0 Å². The molecule has 0 amide bonds. The van der Waals surface area contributed by atoms with E-state index in [4.69, 9.17) is 4.98 Å². The van der Waals surface area contributed by atoms with Gasteiger partial charge in [0.15, 0.2) is 15.8 Å². The molecule has 152 valence electrons. The summed E-state index contributed by atoms with van der Waals surface area (Å²) in [7, 11) is 2.60. The van der Waals surface area contributed by atoms with Crippen LogP contribution in [0.3, 0.4) is 0 Å². The highest BCUT2D eigenvalue weighted by Gasteiger charge is 2.40. The molecule has 0 unspecified atom stereocenters. The summed E-state index contributed by atoms with van der Waals surface area (Å²) >= 11 is 0. The van der Waals surface area contributed by atoms with Gasteiger partial charge in [0.1, 0.15) is 5.82 Å². The van der Waals surface area contributed by atoms with Crippen LogP contribution in [-0.4, -0.2) is 69.0 Å². The van der Waals surface area contributed by atoms with Crippen LogP contribution in [0.15, 0.2) is 35.3 Å². The lowest BCUT2D eigenvalue weighted by atomic mass is 10.1. The monoisotopic (exact) mass is 403 g/mol. The molecule has 0 atom stereocenters. The van der Waals surface area contributed by atoms with Crippen LogP contribution in [0.2, 0.25) is 0 Å². The Labute approximate surface area is 167 Å². The molecule has 7 nitrogen and oxygen atoms in total. The first-order valence-corrected chi connectivity index (χ1v) is 11.0. The lowest BCUT2D eigenvalue weighted by Gasteiger charge is -2.39. The zero-order chi connectivity index (χ0) is 20.5. The van der Waals surface area contributed by atoms with Crippen LogP contribution < -0.4 is 10.2 Å². The van der Waals surface area contributed by atoms with E-state index in [9.17, 15) is 8.42 Å². The third kappa shape index (κ3) is 3.92. The van der Waals surface area contributed by atoms with Gasteiger partial charge < -0.3 is 15.1 Å². The van der Waals surface area contributed by atoms with Crippen molar-refractivity contribution >= 4 is 32.5 Å². The Kier molecular flexibility index (Phi) is 5.52. The molecule has 1 saturated heterocycles. The van der Waals surface area contributed by atoms with E-state index in [-0.39, 0.29) is 5.75 Å². The van der Waals surface area contributed by atoms with E-state index < -0.39 is 14.6 Å². The van der Waals surface area contributed by atoms with Crippen molar-refractivity contribution in [1.29, 1.82) is 0 Å². The van der Waals surface area contributed by atoms with Crippen LogP contribution in [-0.2, 0) is 16.4 Å². The number of anilines is 1. The van der Waals surface area contributed by atoms with Crippen LogP contribution in [0.4, 0.5) is 5.82 Å².